The van der Waals surface area contributed by atoms with Crippen LogP contribution in [0.1, 0.15) is 133 Å². The molecule has 212 valence electrons. The highest BCUT2D eigenvalue weighted by Gasteiger charge is 2.25. The van der Waals surface area contributed by atoms with E-state index < -0.39 is 18.4 Å². The predicted octanol–water partition coefficient (Wildman–Crippen LogP) is 9.55. The van der Waals surface area contributed by atoms with E-state index in [-0.39, 0.29) is 31.3 Å². The third-order valence-corrected chi connectivity index (χ3v) is 6.76. The highest BCUT2D eigenvalue weighted by atomic mass is 19.4. The maximum atomic E-state index is 13.5. The molecule has 0 bridgehead atoms. The van der Waals surface area contributed by atoms with E-state index in [1.165, 1.54) is 76.3 Å². The van der Waals surface area contributed by atoms with Crippen LogP contribution in [0, 0.1) is 17.1 Å². The highest BCUT2D eigenvalue weighted by molar-refractivity contribution is 5.33. The summed E-state index contributed by atoms with van der Waals surface area (Å²) in [6.07, 6.45) is 14.6. The number of benzene rings is 1. The van der Waals surface area contributed by atoms with Gasteiger partial charge in [-0.1, -0.05) is 103 Å². The monoisotopic (exact) mass is 529 g/mol. The SMILES string of the molecule is N#Cc1cc(F)cc(CO[C@@H](CO)CCCCCCCCCCCCCCCCCCCC(F)(F)F)c1. The van der Waals surface area contributed by atoms with E-state index >= 15 is 0 Å². The first kappa shape index (κ1) is 33.4. The largest absolute Gasteiger partial charge is 0.394 e. The van der Waals surface area contributed by atoms with Gasteiger partial charge in [-0.05, 0) is 36.6 Å². The van der Waals surface area contributed by atoms with Crippen LogP contribution in [0.2, 0.25) is 0 Å². The number of unbranched alkanes of at least 4 members (excludes halogenated alkanes) is 16. The fraction of sp³-hybridized carbons (Fsp3) is 0.767. The van der Waals surface area contributed by atoms with E-state index in [0.29, 0.717) is 12.0 Å². The summed E-state index contributed by atoms with van der Waals surface area (Å²) in [5.74, 6) is -0.454. The number of ether oxygens (including phenoxy) is 1. The summed E-state index contributed by atoms with van der Waals surface area (Å²) in [5, 5.41) is 18.5. The zero-order valence-corrected chi connectivity index (χ0v) is 22.5. The Morgan fingerprint density at radius 1 is 0.730 bits per heavy atom. The van der Waals surface area contributed by atoms with Crippen LogP contribution in [-0.2, 0) is 11.3 Å². The molecule has 0 aliphatic rings. The standard InChI is InChI=1S/C30H47F4NO2/c31-28-21-26(23-35)20-27(22-28)25-37-29(24-36)18-16-14-12-10-8-6-4-2-1-3-5-7-9-11-13-15-17-19-30(32,33)34/h20-22,29,36H,1-19,24-25H2/t29-/m1/s1. The lowest BCUT2D eigenvalue weighted by atomic mass is 10.0. The lowest BCUT2D eigenvalue weighted by molar-refractivity contribution is -0.135. The minimum Gasteiger partial charge on any atom is -0.394 e. The van der Waals surface area contributed by atoms with E-state index in [1.54, 1.807) is 6.07 Å². The van der Waals surface area contributed by atoms with Crippen LogP contribution in [0.5, 0.6) is 0 Å². The zero-order chi connectivity index (χ0) is 27.2. The van der Waals surface area contributed by atoms with E-state index in [1.807, 2.05) is 6.07 Å². The Kier molecular flexibility index (Phi) is 19.2. The van der Waals surface area contributed by atoms with Gasteiger partial charge in [-0.25, -0.2) is 4.39 Å². The molecule has 0 fully saturated rings. The third kappa shape index (κ3) is 20.0. The quantitative estimate of drug-likeness (QED) is 0.113. The molecule has 0 aliphatic carbocycles. The van der Waals surface area contributed by atoms with Crippen LogP contribution in [0.15, 0.2) is 18.2 Å². The number of aliphatic hydroxyl groups excluding tert-OH is 1. The molecule has 7 heteroatoms. The molecule has 1 aromatic rings. The van der Waals surface area contributed by atoms with Crippen LogP contribution in [-0.4, -0.2) is 24.0 Å². The first-order valence-electron chi connectivity index (χ1n) is 14.3. The topological polar surface area (TPSA) is 53.2 Å². The Labute approximate surface area is 221 Å². The molecule has 0 radical (unpaired) electrons. The number of nitrogens with zero attached hydrogens (tertiary/aromatic N) is 1. The summed E-state index contributed by atoms with van der Waals surface area (Å²) >= 11 is 0. The van der Waals surface area contributed by atoms with Crippen molar-refractivity contribution in [3.05, 3.63) is 35.1 Å². The molecule has 1 atom stereocenters. The summed E-state index contributed by atoms with van der Waals surface area (Å²) in [6.45, 7) is 0.123. The summed E-state index contributed by atoms with van der Waals surface area (Å²) in [4.78, 5) is 0. The average Bonchev–Trinajstić information content (AvgIpc) is 2.86. The molecule has 0 saturated heterocycles. The minimum absolute atomic E-state index is 0.0637. The van der Waals surface area contributed by atoms with Crippen molar-refractivity contribution >= 4 is 0 Å². The zero-order valence-electron chi connectivity index (χ0n) is 22.5. The minimum atomic E-state index is -4.00. The molecule has 1 N–H and O–H groups in total. The molecule has 1 rings (SSSR count). The van der Waals surface area contributed by atoms with Gasteiger partial charge in [0.15, 0.2) is 0 Å². The van der Waals surface area contributed by atoms with Gasteiger partial charge < -0.3 is 9.84 Å². The van der Waals surface area contributed by atoms with E-state index in [2.05, 4.69) is 0 Å². The van der Waals surface area contributed by atoms with E-state index in [4.69, 9.17) is 10.00 Å². The van der Waals surface area contributed by atoms with Gasteiger partial charge in [-0.2, -0.15) is 18.4 Å². The average molecular weight is 530 g/mol. The predicted molar refractivity (Wildman–Crippen MR) is 141 cm³/mol. The molecular formula is C30H47F4NO2. The highest BCUT2D eigenvalue weighted by Crippen LogP contribution is 2.23. The molecule has 0 heterocycles. The fourth-order valence-electron chi connectivity index (χ4n) is 4.59. The van der Waals surface area contributed by atoms with E-state index in [0.717, 1.165) is 38.5 Å². The van der Waals surface area contributed by atoms with Gasteiger partial charge in [0.05, 0.1) is 31.0 Å². The van der Waals surface area contributed by atoms with Gasteiger partial charge in [0.2, 0.25) is 0 Å². The lowest BCUT2D eigenvalue weighted by Crippen LogP contribution is -2.17. The Bertz CT molecular complexity index is 733. The molecule has 1 aromatic carbocycles. The van der Waals surface area contributed by atoms with Gasteiger partial charge in [-0.3, -0.25) is 0 Å². The van der Waals surface area contributed by atoms with Gasteiger partial charge in [-0.15, -0.1) is 0 Å². The van der Waals surface area contributed by atoms with Crippen molar-refractivity contribution in [1.82, 2.24) is 0 Å². The van der Waals surface area contributed by atoms with Gasteiger partial charge >= 0.3 is 6.18 Å². The summed E-state index contributed by atoms with van der Waals surface area (Å²) in [6, 6.07) is 6.09. The van der Waals surface area contributed by atoms with Crippen molar-refractivity contribution in [2.45, 2.75) is 141 Å². The second-order valence-corrected chi connectivity index (χ2v) is 10.2. The first-order chi connectivity index (χ1) is 17.8. The molecule has 3 nitrogen and oxygen atoms in total. The van der Waals surface area contributed by atoms with Gasteiger partial charge in [0.1, 0.15) is 5.82 Å². The molecule has 0 saturated carbocycles. The molecular weight excluding hydrogens is 482 g/mol. The molecule has 0 unspecified atom stereocenters. The summed E-state index contributed by atoms with van der Waals surface area (Å²) in [7, 11) is 0. The number of nitriles is 1. The van der Waals surface area contributed by atoms with E-state index in [9.17, 15) is 22.7 Å². The van der Waals surface area contributed by atoms with Crippen LogP contribution < -0.4 is 0 Å². The van der Waals surface area contributed by atoms with Crippen LogP contribution in [0.4, 0.5) is 17.6 Å². The number of hydrogen-bond donors (Lipinski definition) is 1. The smallest absolute Gasteiger partial charge is 0.389 e. The number of hydrogen-bond acceptors (Lipinski definition) is 3. The van der Waals surface area contributed by atoms with Crippen LogP contribution >= 0.6 is 0 Å². The van der Waals surface area contributed by atoms with Crippen molar-refractivity contribution in [3.63, 3.8) is 0 Å². The molecule has 0 amide bonds. The summed E-state index contributed by atoms with van der Waals surface area (Å²) in [5.41, 5.74) is 0.872. The lowest BCUT2D eigenvalue weighted by Gasteiger charge is -2.15. The van der Waals surface area contributed by atoms with Crippen molar-refractivity contribution in [2.24, 2.45) is 0 Å². The van der Waals surface area contributed by atoms with Crippen LogP contribution in [0.25, 0.3) is 0 Å². The Hall–Kier alpha value is -1.65. The third-order valence-electron chi connectivity index (χ3n) is 6.76. The molecule has 0 spiro atoms. The number of halogens is 4. The second-order valence-electron chi connectivity index (χ2n) is 10.2. The van der Waals surface area contributed by atoms with Crippen molar-refractivity contribution in [3.8, 4) is 6.07 Å². The summed E-state index contributed by atoms with van der Waals surface area (Å²) < 4.78 is 55.4. The molecule has 0 aromatic heterocycles. The Morgan fingerprint density at radius 2 is 1.19 bits per heavy atom. The number of aliphatic hydroxyl groups is 1. The maximum Gasteiger partial charge on any atom is 0.389 e. The maximum absolute atomic E-state index is 13.5. The van der Waals surface area contributed by atoms with Gasteiger partial charge in [0.25, 0.3) is 0 Å². The van der Waals surface area contributed by atoms with Crippen molar-refractivity contribution in [2.75, 3.05) is 6.61 Å². The second kappa shape index (κ2) is 21.3. The van der Waals surface area contributed by atoms with Gasteiger partial charge in [0, 0.05) is 6.42 Å². The van der Waals surface area contributed by atoms with Crippen molar-refractivity contribution in [1.29, 1.82) is 5.26 Å². The Balaban J connectivity index is 1.86. The fourth-order valence-corrected chi connectivity index (χ4v) is 4.59. The Morgan fingerprint density at radius 3 is 1.62 bits per heavy atom. The first-order valence-corrected chi connectivity index (χ1v) is 14.3. The number of alkyl halides is 3. The molecule has 0 aliphatic heterocycles. The van der Waals surface area contributed by atoms with Crippen LogP contribution in [0.3, 0.4) is 0 Å². The van der Waals surface area contributed by atoms with Crippen molar-refractivity contribution < 1.29 is 27.4 Å². The number of rotatable bonds is 23. The molecule has 37 heavy (non-hydrogen) atoms. The normalized spacial score (nSPS) is 12.5.